The van der Waals surface area contributed by atoms with Crippen LogP contribution in [0.3, 0.4) is 0 Å². The van der Waals surface area contributed by atoms with Crippen molar-refractivity contribution in [2.75, 3.05) is 13.7 Å². The fourth-order valence-corrected chi connectivity index (χ4v) is 1.25. The highest BCUT2D eigenvalue weighted by Crippen LogP contribution is 2.13. The van der Waals surface area contributed by atoms with Gasteiger partial charge >= 0.3 is 5.97 Å². The second kappa shape index (κ2) is 6.64. The third-order valence-corrected chi connectivity index (χ3v) is 2.34. The van der Waals surface area contributed by atoms with Crippen LogP contribution in [0.5, 0.6) is 5.75 Å². The standard InChI is InChI=1S/C13H17NO4/c1-9-4-6-11(7-5-9)18-10(2)13(16)14-8-12(15)17-3/h4-7,10H,8H2,1-3H3,(H,14,16)/t10-/m1/s1. The molecule has 0 aromatic heterocycles. The number of aryl methyl sites for hydroxylation is 1. The van der Waals surface area contributed by atoms with Gasteiger partial charge < -0.3 is 14.8 Å². The quantitative estimate of drug-likeness (QED) is 0.794. The van der Waals surface area contributed by atoms with Gasteiger partial charge in [-0.1, -0.05) is 17.7 Å². The highest BCUT2D eigenvalue weighted by Gasteiger charge is 2.15. The van der Waals surface area contributed by atoms with E-state index in [9.17, 15) is 9.59 Å². The lowest BCUT2D eigenvalue weighted by molar-refractivity contribution is -0.141. The van der Waals surface area contributed by atoms with Crippen molar-refractivity contribution in [2.24, 2.45) is 0 Å². The van der Waals surface area contributed by atoms with Gasteiger partial charge in [0.15, 0.2) is 6.10 Å². The van der Waals surface area contributed by atoms with Crippen LogP contribution < -0.4 is 10.1 Å². The summed E-state index contributed by atoms with van der Waals surface area (Å²) in [6, 6.07) is 7.38. The number of rotatable bonds is 5. The zero-order valence-electron chi connectivity index (χ0n) is 10.7. The third kappa shape index (κ3) is 4.45. The van der Waals surface area contributed by atoms with E-state index in [1.165, 1.54) is 7.11 Å². The zero-order valence-corrected chi connectivity index (χ0v) is 10.7. The monoisotopic (exact) mass is 251 g/mol. The van der Waals surface area contributed by atoms with E-state index in [4.69, 9.17) is 4.74 Å². The molecule has 18 heavy (non-hydrogen) atoms. The number of nitrogens with one attached hydrogen (secondary N) is 1. The first-order valence-corrected chi connectivity index (χ1v) is 5.60. The SMILES string of the molecule is COC(=O)CNC(=O)[C@@H](C)Oc1ccc(C)cc1. The summed E-state index contributed by atoms with van der Waals surface area (Å²) in [5, 5.41) is 2.43. The maximum Gasteiger partial charge on any atom is 0.325 e. The Morgan fingerprint density at radius 2 is 1.89 bits per heavy atom. The van der Waals surface area contributed by atoms with Gasteiger partial charge in [0.2, 0.25) is 0 Å². The first-order chi connectivity index (χ1) is 8.52. The van der Waals surface area contributed by atoms with E-state index >= 15 is 0 Å². The van der Waals surface area contributed by atoms with Crippen molar-refractivity contribution in [1.29, 1.82) is 0 Å². The smallest absolute Gasteiger partial charge is 0.325 e. The molecule has 1 amide bonds. The molecule has 0 aliphatic heterocycles. The average Bonchev–Trinajstić information content (AvgIpc) is 2.38. The molecule has 98 valence electrons. The Labute approximate surface area is 106 Å². The lowest BCUT2D eigenvalue weighted by Gasteiger charge is -2.14. The van der Waals surface area contributed by atoms with Crippen molar-refractivity contribution in [1.82, 2.24) is 5.32 Å². The van der Waals surface area contributed by atoms with Crippen LogP contribution in [0.1, 0.15) is 12.5 Å². The van der Waals surface area contributed by atoms with E-state index < -0.39 is 12.1 Å². The number of carbonyl (C=O) groups excluding carboxylic acids is 2. The van der Waals surface area contributed by atoms with Crippen LogP contribution in [0.15, 0.2) is 24.3 Å². The summed E-state index contributed by atoms with van der Waals surface area (Å²) in [5.41, 5.74) is 1.12. The molecule has 0 saturated carbocycles. The summed E-state index contributed by atoms with van der Waals surface area (Å²) in [6.45, 7) is 3.43. The van der Waals surface area contributed by atoms with Crippen molar-refractivity contribution in [3.8, 4) is 5.75 Å². The van der Waals surface area contributed by atoms with Crippen LogP contribution >= 0.6 is 0 Å². The Morgan fingerprint density at radius 1 is 1.28 bits per heavy atom. The van der Waals surface area contributed by atoms with Gasteiger partial charge in [0.05, 0.1) is 7.11 Å². The maximum atomic E-state index is 11.6. The molecule has 1 aromatic carbocycles. The number of methoxy groups -OCH3 is 1. The van der Waals surface area contributed by atoms with Gasteiger partial charge in [0, 0.05) is 0 Å². The second-order valence-electron chi connectivity index (χ2n) is 3.87. The van der Waals surface area contributed by atoms with E-state index in [2.05, 4.69) is 10.1 Å². The highest BCUT2D eigenvalue weighted by molar-refractivity contribution is 5.84. The molecule has 1 rings (SSSR count). The number of carbonyl (C=O) groups is 2. The molecule has 0 fully saturated rings. The van der Waals surface area contributed by atoms with Crippen molar-refractivity contribution in [2.45, 2.75) is 20.0 Å². The van der Waals surface area contributed by atoms with Gasteiger partial charge in [0.25, 0.3) is 5.91 Å². The minimum Gasteiger partial charge on any atom is -0.481 e. The zero-order chi connectivity index (χ0) is 13.5. The van der Waals surface area contributed by atoms with Crippen LogP contribution in [0.4, 0.5) is 0 Å². The second-order valence-corrected chi connectivity index (χ2v) is 3.87. The molecule has 0 aliphatic carbocycles. The van der Waals surface area contributed by atoms with Crippen molar-refractivity contribution >= 4 is 11.9 Å². The normalized spacial score (nSPS) is 11.5. The van der Waals surface area contributed by atoms with Crippen LogP contribution in [-0.4, -0.2) is 31.6 Å². The Morgan fingerprint density at radius 3 is 2.44 bits per heavy atom. The Kier molecular flexibility index (Phi) is 5.17. The van der Waals surface area contributed by atoms with Gasteiger partial charge in [-0.3, -0.25) is 9.59 Å². The molecule has 5 heteroatoms. The third-order valence-electron chi connectivity index (χ3n) is 2.34. The Balaban J connectivity index is 2.44. The molecular weight excluding hydrogens is 234 g/mol. The lowest BCUT2D eigenvalue weighted by Crippen LogP contribution is -2.39. The number of benzene rings is 1. The van der Waals surface area contributed by atoms with E-state index in [0.717, 1.165) is 5.56 Å². The number of ether oxygens (including phenoxy) is 2. The molecule has 0 aliphatic rings. The first-order valence-electron chi connectivity index (χ1n) is 5.60. The summed E-state index contributed by atoms with van der Waals surface area (Å²) in [7, 11) is 1.26. The molecule has 0 spiro atoms. The molecule has 5 nitrogen and oxygen atoms in total. The molecule has 1 aromatic rings. The topological polar surface area (TPSA) is 64.6 Å². The summed E-state index contributed by atoms with van der Waals surface area (Å²) < 4.78 is 9.85. The number of esters is 1. The van der Waals surface area contributed by atoms with Crippen LogP contribution in [0.25, 0.3) is 0 Å². The fourth-order valence-electron chi connectivity index (χ4n) is 1.25. The van der Waals surface area contributed by atoms with Gasteiger partial charge in [-0.25, -0.2) is 0 Å². The molecular formula is C13H17NO4. The fraction of sp³-hybridized carbons (Fsp3) is 0.385. The van der Waals surface area contributed by atoms with E-state index in [1.807, 2.05) is 19.1 Å². The van der Waals surface area contributed by atoms with Gasteiger partial charge in [0.1, 0.15) is 12.3 Å². The number of hydrogen-bond acceptors (Lipinski definition) is 4. The predicted octanol–water partition coefficient (Wildman–Crippen LogP) is 1.05. The molecule has 1 N–H and O–H groups in total. The van der Waals surface area contributed by atoms with E-state index in [0.29, 0.717) is 5.75 Å². The highest BCUT2D eigenvalue weighted by atomic mass is 16.5. The minimum atomic E-state index is -0.669. The van der Waals surface area contributed by atoms with E-state index in [-0.39, 0.29) is 12.5 Å². The lowest BCUT2D eigenvalue weighted by atomic mass is 10.2. The largest absolute Gasteiger partial charge is 0.481 e. The average molecular weight is 251 g/mol. The maximum absolute atomic E-state index is 11.6. The van der Waals surface area contributed by atoms with Crippen LogP contribution in [0, 0.1) is 6.92 Å². The predicted molar refractivity (Wildman–Crippen MR) is 66.3 cm³/mol. The summed E-state index contributed by atoms with van der Waals surface area (Å²) in [4.78, 5) is 22.4. The molecule has 0 radical (unpaired) electrons. The molecule has 0 bridgehead atoms. The molecule has 1 atom stereocenters. The molecule has 0 saturated heterocycles. The first kappa shape index (κ1) is 14.0. The summed E-state index contributed by atoms with van der Waals surface area (Å²) >= 11 is 0. The van der Waals surface area contributed by atoms with Crippen molar-refractivity contribution < 1.29 is 19.1 Å². The number of amides is 1. The minimum absolute atomic E-state index is 0.156. The van der Waals surface area contributed by atoms with Crippen molar-refractivity contribution in [3.05, 3.63) is 29.8 Å². The summed E-state index contributed by atoms with van der Waals surface area (Å²) in [5.74, 6) is -0.242. The molecule has 0 heterocycles. The van der Waals surface area contributed by atoms with Gasteiger partial charge in [-0.05, 0) is 26.0 Å². The van der Waals surface area contributed by atoms with Gasteiger partial charge in [-0.2, -0.15) is 0 Å². The molecule has 0 unspecified atom stereocenters. The van der Waals surface area contributed by atoms with Crippen molar-refractivity contribution in [3.63, 3.8) is 0 Å². The number of hydrogen-bond donors (Lipinski definition) is 1. The Hall–Kier alpha value is -2.04. The summed E-state index contributed by atoms with van der Waals surface area (Å²) in [6.07, 6.45) is -0.669. The van der Waals surface area contributed by atoms with Gasteiger partial charge in [-0.15, -0.1) is 0 Å². The van der Waals surface area contributed by atoms with E-state index in [1.54, 1.807) is 19.1 Å². The Bertz CT molecular complexity index is 414. The van der Waals surface area contributed by atoms with Crippen LogP contribution in [-0.2, 0) is 14.3 Å². The van der Waals surface area contributed by atoms with Crippen LogP contribution in [0.2, 0.25) is 0 Å².